The molecule has 1 aliphatic heterocycles. The standard InChI is InChI=1S/C19H22N2O4S/c1-24-18(23)12-3-2-4-15(7-12)25-17-9-14-11-21(19-20-5-6-26-19)10-13(14)8-16(17)22/h2-7,13-14,16-17,22H,8-11H2,1H3/t13-,14+,16+,17+/m0/s1. The van der Waals surface area contributed by atoms with Crippen LogP contribution < -0.4 is 9.64 Å². The molecule has 1 saturated carbocycles. The van der Waals surface area contributed by atoms with Crippen molar-refractivity contribution >= 4 is 22.4 Å². The van der Waals surface area contributed by atoms with Crippen molar-refractivity contribution in [2.45, 2.75) is 25.0 Å². The van der Waals surface area contributed by atoms with Gasteiger partial charge in [0.25, 0.3) is 0 Å². The van der Waals surface area contributed by atoms with E-state index in [1.165, 1.54) is 7.11 Å². The van der Waals surface area contributed by atoms with Gasteiger partial charge < -0.3 is 19.5 Å². The lowest BCUT2D eigenvalue weighted by molar-refractivity contribution is -0.0231. The predicted molar refractivity (Wildman–Crippen MR) is 98.7 cm³/mol. The number of rotatable bonds is 4. The van der Waals surface area contributed by atoms with E-state index in [2.05, 4.69) is 9.88 Å². The van der Waals surface area contributed by atoms with Gasteiger partial charge in [0.05, 0.1) is 18.8 Å². The first-order valence-electron chi connectivity index (χ1n) is 8.81. The second-order valence-electron chi connectivity index (χ2n) is 6.95. The van der Waals surface area contributed by atoms with E-state index in [1.54, 1.807) is 29.5 Å². The third-order valence-electron chi connectivity index (χ3n) is 5.32. The molecule has 1 aliphatic carbocycles. The third kappa shape index (κ3) is 3.41. The first kappa shape index (κ1) is 17.3. The Kier molecular flexibility index (Phi) is 4.82. The van der Waals surface area contributed by atoms with Gasteiger partial charge in [-0.1, -0.05) is 6.07 Å². The highest BCUT2D eigenvalue weighted by molar-refractivity contribution is 7.13. The van der Waals surface area contributed by atoms with Gasteiger partial charge in [0.2, 0.25) is 0 Å². The van der Waals surface area contributed by atoms with Gasteiger partial charge in [-0.15, -0.1) is 11.3 Å². The van der Waals surface area contributed by atoms with Crippen molar-refractivity contribution in [3.05, 3.63) is 41.4 Å². The summed E-state index contributed by atoms with van der Waals surface area (Å²) < 4.78 is 10.8. The number of esters is 1. The summed E-state index contributed by atoms with van der Waals surface area (Å²) in [5.41, 5.74) is 0.448. The Balaban J connectivity index is 1.43. The number of carbonyl (C=O) groups excluding carboxylic acids is 1. The number of aliphatic hydroxyl groups is 1. The molecule has 0 radical (unpaired) electrons. The minimum Gasteiger partial charge on any atom is -0.488 e. The lowest BCUT2D eigenvalue weighted by atomic mass is 9.78. The molecule has 0 amide bonds. The number of hydrogen-bond donors (Lipinski definition) is 1. The molecule has 6 nitrogen and oxygen atoms in total. The smallest absolute Gasteiger partial charge is 0.337 e. The maximum absolute atomic E-state index is 11.7. The number of benzene rings is 1. The SMILES string of the molecule is COC(=O)c1cccc(O[C@@H]2C[C@@H]3CN(c4nccs4)C[C@@H]3C[C@H]2O)c1. The number of aliphatic hydroxyl groups excluding tert-OH is 1. The molecule has 7 heteroatoms. The van der Waals surface area contributed by atoms with Crippen LogP contribution in [0.2, 0.25) is 0 Å². The van der Waals surface area contributed by atoms with Crippen LogP contribution in [0.1, 0.15) is 23.2 Å². The molecule has 4 rings (SSSR count). The average Bonchev–Trinajstić information content (AvgIpc) is 3.31. The number of thiazole rings is 1. The van der Waals surface area contributed by atoms with Crippen LogP contribution in [-0.4, -0.2) is 48.5 Å². The molecule has 0 spiro atoms. The van der Waals surface area contributed by atoms with Gasteiger partial charge in [0, 0.05) is 24.7 Å². The molecule has 138 valence electrons. The number of carbonyl (C=O) groups is 1. The van der Waals surface area contributed by atoms with Crippen LogP contribution in [0.4, 0.5) is 5.13 Å². The lowest BCUT2D eigenvalue weighted by Crippen LogP contribution is -2.42. The van der Waals surface area contributed by atoms with Crippen molar-refractivity contribution in [1.29, 1.82) is 0 Å². The molecular weight excluding hydrogens is 352 g/mol. The van der Waals surface area contributed by atoms with E-state index in [0.717, 1.165) is 31.1 Å². The number of aromatic nitrogens is 1. The molecule has 2 fully saturated rings. The molecule has 1 aromatic heterocycles. The Hall–Kier alpha value is -2.12. The van der Waals surface area contributed by atoms with E-state index < -0.39 is 12.1 Å². The highest BCUT2D eigenvalue weighted by Gasteiger charge is 2.43. The van der Waals surface area contributed by atoms with Gasteiger partial charge in [0.15, 0.2) is 5.13 Å². The van der Waals surface area contributed by atoms with Crippen molar-refractivity contribution in [3.8, 4) is 5.75 Å². The second kappa shape index (κ2) is 7.25. The molecule has 4 atom stereocenters. The fourth-order valence-corrected chi connectivity index (χ4v) is 4.70. The van der Waals surface area contributed by atoms with Crippen LogP contribution in [0.3, 0.4) is 0 Å². The van der Waals surface area contributed by atoms with Gasteiger partial charge in [0.1, 0.15) is 11.9 Å². The Bertz CT molecular complexity index is 767. The van der Waals surface area contributed by atoms with Gasteiger partial charge in [-0.25, -0.2) is 9.78 Å². The zero-order chi connectivity index (χ0) is 18.1. The number of anilines is 1. The van der Waals surface area contributed by atoms with Crippen LogP contribution in [0.25, 0.3) is 0 Å². The number of nitrogens with zero attached hydrogens (tertiary/aromatic N) is 2. The molecule has 2 aliphatic rings. The lowest BCUT2D eigenvalue weighted by Gasteiger charge is -2.35. The number of ether oxygens (including phenoxy) is 2. The van der Waals surface area contributed by atoms with Gasteiger partial charge in [-0.05, 0) is 42.9 Å². The Labute approximate surface area is 156 Å². The summed E-state index contributed by atoms with van der Waals surface area (Å²) in [6.45, 7) is 1.90. The summed E-state index contributed by atoms with van der Waals surface area (Å²) in [6, 6.07) is 6.93. The molecule has 1 aromatic carbocycles. The maximum Gasteiger partial charge on any atom is 0.337 e. The van der Waals surface area contributed by atoms with Crippen molar-refractivity contribution in [2.24, 2.45) is 11.8 Å². The highest BCUT2D eigenvalue weighted by Crippen LogP contribution is 2.40. The zero-order valence-corrected chi connectivity index (χ0v) is 15.4. The number of methoxy groups -OCH3 is 1. The minimum absolute atomic E-state index is 0.264. The Morgan fingerprint density at radius 2 is 2.12 bits per heavy atom. The summed E-state index contributed by atoms with van der Waals surface area (Å²) >= 11 is 1.65. The normalized spacial score (nSPS) is 27.8. The topological polar surface area (TPSA) is 71.9 Å². The second-order valence-corrected chi connectivity index (χ2v) is 7.83. The predicted octanol–water partition coefficient (Wildman–Crippen LogP) is 2.58. The fraction of sp³-hybridized carbons (Fsp3) is 0.474. The van der Waals surface area contributed by atoms with Crippen molar-refractivity contribution in [1.82, 2.24) is 4.98 Å². The summed E-state index contributed by atoms with van der Waals surface area (Å²) in [5.74, 6) is 1.14. The van der Waals surface area contributed by atoms with E-state index >= 15 is 0 Å². The molecule has 26 heavy (non-hydrogen) atoms. The van der Waals surface area contributed by atoms with E-state index in [0.29, 0.717) is 23.1 Å². The quantitative estimate of drug-likeness (QED) is 0.830. The molecule has 2 aromatic rings. The van der Waals surface area contributed by atoms with Crippen LogP contribution in [-0.2, 0) is 4.74 Å². The van der Waals surface area contributed by atoms with Gasteiger partial charge in [-0.2, -0.15) is 0 Å². The molecule has 0 bridgehead atoms. The summed E-state index contributed by atoms with van der Waals surface area (Å²) in [4.78, 5) is 18.4. The number of hydrogen-bond acceptors (Lipinski definition) is 7. The van der Waals surface area contributed by atoms with E-state index in [-0.39, 0.29) is 6.10 Å². The maximum atomic E-state index is 11.7. The van der Waals surface area contributed by atoms with Crippen molar-refractivity contribution in [2.75, 3.05) is 25.1 Å². The third-order valence-corrected chi connectivity index (χ3v) is 6.15. The van der Waals surface area contributed by atoms with Crippen LogP contribution in [0.15, 0.2) is 35.8 Å². The van der Waals surface area contributed by atoms with Crippen LogP contribution in [0, 0.1) is 11.8 Å². The van der Waals surface area contributed by atoms with Crippen molar-refractivity contribution < 1.29 is 19.4 Å². The summed E-state index contributed by atoms with van der Waals surface area (Å²) in [6.07, 6.45) is 2.59. The van der Waals surface area contributed by atoms with E-state index in [1.807, 2.05) is 17.6 Å². The van der Waals surface area contributed by atoms with Gasteiger partial charge >= 0.3 is 5.97 Å². The minimum atomic E-state index is -0.505. The first-order chi connectivity index (χ1) is 12.6. The Morgan fingerprint density at radius 3 is 2.85 bits per heavy atom. The summed E-state index contributed by atoms with van der Waals surface area (Å²) in [7, 11) is 1.36. The molecule has 0 unspecified atom stereocenters. The highest BCUT2D eigenvalue weighted by atomic mass is 32.1. The monoisotopic (exact) mass is 374 g/mol. The van der Waals surface area contributed by atoms with Crippen molar-refractivity contribution in [3.63, 3.8) is 0 Å². The van der Waals surface area contributed by atoms with Crippen LogP contribution in [0.5, 0.6) is 5.75 Å². The molecule has 1 saturated heterocycles. The molecule has 2 heterocycles. The molecular formula is C19H22N2O4S. The number of fused-ring (bicyclic) bond motifs is 1. The van der Waals surface area contributed by atoms with E-state index in [9.17, 15) is 9.90 Å². The first-order valence-corrected chi connectivity index (χ1v) is 9.69. The average molecular weight is 374 g/mol. The zero-order valence-electron chi connectivity index (χ0n) is 14.6. The van der Waals surface area contributed by atoms with Crippen LogP contribution >= 0.6 is 11.3 Å². The Morgan fingerprint density at radius 1 is 1.31 bits per heavy atom. The summed E-state index contributed by atoms with van der Waals surface area (Å²) in [5, 5.41) is 13.6. The van der Waals surface area contributed by atoms with E-state index in [4.69, 9.17) is 9.47 Å². The largest absolute Gasteiger partial charge is 0.488 e. The van der Waals surface area contributed by atoms with Gasteiger partial charge in [-0.3, -0.25) is 0 Å². The molecule has 1 N–H and O–H groups in total. The fourth-order valence-electron chi connectivity index (χ4n) is 4.03.